The molecule has 0 aliphatic carbocycles. The molecular weight excluding hydrogens is 362 g/mol. The molecule has 0 unspecified atom stereocenters. The van der Waals surface area contributed by atoms with Crippen LogP contribution in [0.3, 0.4) is 0 Å². The number of hydrogen-bond acceptors (Lipinski definition) is 4. The quantitative estimate of drug-likeness (QED) is 0.681. The lowest BCUT2D eigenvalue weighted by Gasteiger charge is -2.15. The molecule has 0 radical (unpaired) electrons. The van der Waals surface area contributed by atoms with Crippen molar-refractivity contribution < 1.29 is 9.53 Å². The van der Waals surface area contributed by atoms with E-state index in [4.69, 9.17) is 4.74 Å². The van der Waals surface area contributed by atoms with Gasteiger partial charge in [0.25, 0.3) is 0 Å². The highest BCUT2D eigenvalue weighted by atomic mass is 16.5. The smallest absolute Gasteiger partial charge is 0.231 e. The summed E-state index contributed by atoms with van der Waals surface area (Å²) in [7, 11) is 1.82. The highest BCUT2D eigenvalue weighted by Crippen LogP contribution is 2.30. The number of rotatable bonds is 6. The molecule has 0 fully saturated rings. The Balaban J connectivity index is 1.42. The summed E-state index contributed by atoms with van der Waals surface area (Å²) >= 11 is 0. The Bertz CT molecular complexity index is 1020. The molecule has 0 saturated carbocycles. The van der Waals surface area contributed by atoms with Gasteiger partial charge in [0.05, 0.1) is 12.1 Å². The lowest BCUT2D eigenvalue weighted by molar-refractivity contribution is -0.117. The van der Waals surface area contributed by atoms with E-state index in [1.54, 1.807) is 11.1 Å². The second-order valence-electron chi connectivity index (χ2n) is 7.50. The van der Waals surface area contributed by atoms with E-state index in [0.29, 0.717) is 19.6 Å². The van der Waals surface area contributed by atoms with Gasteiger partial charge in [-0.1, -0.05) is 18.2 Å². The number of anilines is 2. The minimum atomic E-state index is 0.143. The number of aromatic nitrogens is 1. The largest absolute Gasteiger partial charge is 0.487 e. The van der Waals surface area contributed by atoms with Crippen LogP contribution in [0, 0.1) is 13.8 Å². The van der Waals surface area contributed by atoms with Gasteiger partial charge in [0, 0.05) is 31.2 Å². The van der Waals surface area contributed by atoms with Crippen LogP contribution in [0.4, 0.5) is 11.4 Å². The standard InChI is InChI=1S/C24H25N3O2/c1-16-10-18(11-17(2)24(16)29-15-21-6-4-5-9-25-21)14-26-20-7-8-22-19(12-20)13-23(28)27(22)3/h4-12,26H,13-15H2,1-3H3. The van der Waals surface area contributed by atoms with Gasteiger partial charge in [-0.3, -0.25) is 9.78 Å². The number of ether oxygens (including phenoxy) is 1. The van der Waals surface area contributed by atoms with Gasteiger partial charge >= 0.3 is 0 Å². The average Bonchev–Trinajstić information content (AvgIpc) is 3.00. The summed E-state index contributed by atoms with van der Waals surface area (Å²) in [6.07, 6.45) is 2.25. The molecule has 148 valence electrons. The number of nitrogens with one attached hydrogen (secondary N) is 1. The normalized spacial score (nSPS) is 12.8. The maximum Gasteiger partial charge on any atom is 0.231 e. The van der Waals surface area contributed by atoms with E-state index in [-0.39, 0.29) is 5.91 Å². The molecule has 1 N–H and O–H groups in total. The lowest BCUT2D eigenvalue weighted by Crippen LogP contribution is -2.20. The van der Waals surface area contributed by atoms with Crippen molar-refractivity contribution in [2.24, 2.45) is 0 Å². The fraction of sp³-hybridized carbons (Fsp3) is 0.250. The zero-order chi connectivity index (χ0) is 20.4. The molecular formula is C24H25N3O2. The van der Waals surface area contributed by atoms with E-state index < -0.39 is 0 Å². The van der Waals surface area contributed by atoms with Crippen LogP contribution < -0.4 is 15.0 Å². The summed E-state index contributed by atoms with van der Waals surface area (Å²) in [4.78, 5) is 17.9. The van der Waals surface area contributed by atoms with Crippen LogP contribution in [-0.2, 0) is 24.4 Å². The lowest BCUT2D eigenvalue weighted by atomic mass is 10.1. The molecule has 1 aliphatic heterocycles. The molecule has 2 aromatic carbocycles. The molecule has 1 aromatic heterocycles. The van der Waals surface area contributed by atoms with Crippen molar-refractivity contribution in [2.45, 2.75) is 33.4 Å². The zero-order valence-corrected chi connectivity index (χ0v) is 17.0. The number of amides is 1. The van der Waals surface area contributed by atoms with Crippen molar-refractivity contribution in [3.05, 3.63) is 82.7 Å². The van der Waals surface area contributed by atoms with E-state index in [1.165, 1.54) is 5.56 Å². The van der Waals surface area contributed by atoms with Gasteiger partial charge < -0.3 is 15.0 Å². The van der Waals surface area contributed by atoms with Crippen molar-refractivity contribution in [3.8, 4) is 5.75 Å². The summed E-state index contributed by atoms with van der Waals surface area (Å²) < 4.78 is 6.02. The van der Waals surface area contributed by atoms with Gasteiger partial charge in [-0.25, -0.2) is 0 Å². The Hall–Kier alpha value is -3.34. The van der Waals surface area contributed by atoms with Crippen LogP contribution in [0.1, 0.15) is 27.9 Å². The van der Waals surface area contributed by atoms with Crippen LogP contribution in [0.15, 0.2) is 54.7 Å². The Morgan fingerprint density at radius 1 is 1.10 bits per heavy atom. The van der Waals surface area contributed by atoms with Gasteiger partial charge in [0.1, 0.15) is 12.4 Å². The Morgan fingerprint density at radius 2 is 1.90 bits per heavy atom. The summed E-state index contributed by atoms with van der Waals surface area (Å²) in [5.74, 6) is 1.06. The second-order valence-corrected chi connectivity index (χ2v) is 7.50. The highest BCUT2D eigenvalue weighted by Gasteiger charge is 2.23. The van der Waals surface area contributed by atoms with Crippen LogP contribution in [0.2, 0.25) is 0 Å². The maximum absolute atomic E-state index is 11.9. The summed E-state index contributed by atoms with van der Waals surface area (Å²) in [5.41, 5.74) is 7.43. The number of hydrogen-bond donors (Lipinski definition) is 1. The van der Waals surface area contributed by atoms with E-state index in [9.17, 15) is 4.79 Å². The first-order chi connectivity index (χ1) is 14.0. The monoisotopic (exact) mass is 387 g/mol. The molecule has 3 aromatic rings. The van der Waals surface area contributed by atoms with Crippen molar-refractivity contribution in [1.82, 2.24) is 4.98 Å². The first-order valence-electron chi connectivity index (χ1n) is 9.77. The molecule has 5 nitrogen and oxygen atoms in total. The summed E-state index contributed by atoms with van der Waals surface area (Å²) in [6, 6.07) is 16.2. The molecule has 1 amide bonds. The van der Waals surface area contributed by atoms with Gasteiger partial charge in [-0.15, -0.1) is 0 Å². The first kappa shape index (κ1) is 19.0. The van der Waals surface area contributed by atoms with E-state index in [1.807, 2.05) is 37.4 Å². The number of pyridine rings is 1. The number of likely N-dealkylation sites (N-methyl/N-ethyl adjacent to an activating group) is 1. The van der Waals surface area contributed by atoms with Crippen LogP contribution in [0.5, 0.6) is 5.75 Å². The molecule has 2 heterocycles. The van der Waals surface area contributed by atoms with Crippen molar-refractivity contribution in [1.29, 1.82) is 0 Å². The summed E-state index contributed by atoms with van der Waals surface area (Å²) in [6.45, 7) is 5.31. The predicted molar refractivity (Wildman–Crippen MR) is 115 cm³/mol. The summed E-state index contributed by atoms with van der Waals surface area (Å²) in [5, 5.41) is 3.47. The molecule has 0 bridgehead atoms. The predicted octanol–water partition coefficient (Wildman–Crippen LogP) is 4.41. The molecule has 1 aliphatic rings. The first-order valence-corrected chi connectivity index (χ1v) is 9.77. The number of carbonyl (C=O) groups is 1. The fourth-order valence-corrected chi connectivity index (χ4v) is 3.78. The van der Waals surface area contributed by atoms with Crippen LogP contribution in [0.25, 0.3) is 0 Å². The fourth-order valence-electron chi connectivity index (χ4n) is 3.78. The molecule has 5 heteroatoms. The molecule has 0 atom stereocenters. The topological polar surface area (TPSA) is 54.5 Å². The zero-order valence-electron chi connectivity index (χ0n) is 17.0. The third kappa shape index (κ3) is 4.09. The third-order valence-electron chi connectivity index (χ3n) is 5.26. The molecule has 29 heavy (non-hydrogen) atoms. The Labute approximate surface area is 171 Å². The van der Waals surface area contributed by atoms with Crippen molar-refractivity contribution >= 4 is 17.3 Å². The Kier molecular flexibility index (Phi) is 5.21. The van der Waals surface area contributed by atoms with Crippen molar-refractivity contribution in [3.63, 3.8) is 0 Å². The van der Waals surface area contributed by atoms with E-state index in [0.717, 1.165) is 39.5 Å². The number of benzene rings is 2. The van der Waals surface area contributed by atoms with Gasteiger partial charge in [-0.2, -0.15) is 0 Å². The molecule has 0 saturated heterocycles. The number of nitrogens with zero attached hydrogens (tertiary/aromatic N) is 2. The number of aryl methyl sites for hydroxylation is 2. The minimum Gasteiger partial charge on any atom is -0.487 e. The Morgan fingerprint density at radius 3 is 2.62 bits per heavy atom. The van der Waals surface area contributed by atoms with Gasteiger partial charge in [0.2, 0.25) is 5.91 Å². The van der Waals surface area contributed by atoms with Gasteiger partial charge in [0.15, 0.2) is 0 Å². The minimum absolute atomic E-state index is 0.143. The SMILES string of the molecule is Cc1cc(CNc2ccc3c(c2)CC(=O)N3C)cc(C)c1OCc1ccccn1. The maximum atomic E-state index is 11.9. The third-order valence-corrected chi connectivity index (χ3v) is 5.26. The highest BCUT2D eigenvalue weighted by molar-refractivity contribution is 6.01. The van der Waals surface area contributed by atoms with E-state index >= 15 is 0 Å². The number of carbonyl (C=O) groups excluding carboxylic acids is 1. The van der Waals surface area contributed by atoms with Crippen LogP contribution in [-0.4, -0.2) is 17.9 Å². The molecule has 0 spiro atoms. The molecule has 4 rings (SSSR count). The van der Waals surface area contributed by atoms with E-state index in [2.05, 4.69) is 42.3 Å². The average molecular weight is 387 g/mol. The van der Waals surface area contributed by atoms with Crippen LogP contribution >= 0.6 is 0 Å². The second kappa shape index (κ2) is 7.95. The number of fused-ring (bicyclic) bond motifs is 1. The van der Waals surface area contributed by atoms with Crippen molar-refractivity contribution in [2.75, 3.05) is 17.3 Å². The van der Waals surface area contributed by atoms with Gasteiger partial charge in [-0.05, 0) is 66.4 Å².